The smallest absolute Gasteiger partial charge is 0.472 e. The quantitative estimate of drug-likeness (QED) is 0.662. The maximum Gasteiger partial charge on any atom is 0.472 e. The molecule has 1 unspecified atom stereocenters. The number of aromatic nitrogens is 1. The van der Waals surface area contributed by atoms with Crippen LogP contribution in [-0.2, 0) is 0 Å². The number of fused-ring (bicyclic) bond motifs is 1. The van der Waals surface area contributed by atoms with Crippen molar-refractivity contribution in [2.45, 2.75) is 24.5 Å². The molecule has 0 spiro atoms. The zero-order valence-corrected chi connectivity index (χ0v) is 9.46. The van der Waals surface area contributed by atoms with E-state index in [0.29, 0.717) is 0 Å². The predicted octanol–water partition coefficient (Wildman–Crippen LogP) is -0.195. The Bertz CT molecular complexity index is 499. The fourth-order valence-corrected chi connectivity index (χ4v) is 1.91. The van der Waals surface area contributed by atoms with Gasteiger partial charge in [0.15, 0.2) is 0 Å². The highest BCUT2D eigenvalue weighted by Crippen LogP contribution is 2.36. The van der Waals surface area contributed by atoms with Crippen LogP contribution in [0.5, 0.6) is 5.75 Å². The molecule has 2 heterocycles. The number of carbonyl (C=O) groups excluding carboxylic acids is 1. The molecule has 0 aliphatic carbocycles. The number of nitrogens with two attached hydrogens (primary N) is 1. The van der Waals surface area contributed by atoms with E-state index >= 15 is 0 Å². The molecule has 2 rings (SSSR count). The molecule has 1 aromatic heterocycles. The summed E-state index contributed by atoms with van der Waals surface area (Å²) < 4.78 is 42.5. The van der Waals surface area contributed by atoms with E-state index in [-0.39, 0.29) is 16.9 Å². The number of halogens is 3. The Morgan fingerprint density at radius 1 is 1.47 bits per heavy atom. The molecule has 1 aromatic rings. The average Bonchev–Trinajstić information content (AvgIpc) is 2.75. The monoisotopic (exact) mass is 280 g/mol. The summed E-state index contributed by atoms with van der Waals surface area (Å²) in [5.41, 5.74) is 4.87. The average molecular weight is 280 g/mol. The van der Waals surface area contributed by atoms with Crippen LogP contribution in [0.2, 0.25) is 0 Å². The van der Waals surface area contributed by atoms with E-state index in [0.717, 1.165) is 12.3 Å². The van der Waals surface area contributed by atoms with Crippen molar-refractivity contribution in [2.75, 3.05) is 6.54 Å². The van der Waals surface area contributed by atoms with Crippen LogP contribution < -0.4 is 10.5 Å². The first-order valence-electron chi connectivity index (χ1n) is 5.33. The first-order valence-corrected chi connectivity index (χ1v) is 5.33. The Labute approximate surface area is 105 Å². The second kappa shape index (κ2) is 4.51. The van der Waals surface area contributed by atoms with Gasteiger partial charge in [-0.2, -0.15) is 13.2 Å². The van der Waals surface area contributed by atoms with Crippen LogP contribution in [0.15, 0.2) is 12.3 Å². The molecule has 19 heavy (non-hydrogen) atoms. The highest BCUT2D eigenvalue weighted by Gasteiger charge is 2.45. The van der Waals surface area contributed by atoms with Gasteiger partial charge in [0, 0.05) is 12.7 Å². The standard InChI is InChI=1S/C10H11F3N2O4/c11-10(12,13)9(18)15-2-1-4-6(15)8(17)7(16)5(3-14)19-4/h1-2,5,7-8,16-17H,3,14H2/t5-,7+,8?/m1/s1. The topological polar surface area (TPSA) is 97.7 Å². The molecule has 6 nitrogen and oxygen atoms in total. The maximum atomic E-state index is 12.4. The second-order valence-electron chi connectivity index (χ2n) is 4.07. The molecule has 9 heteroatoms. The first-order chi connectivity index (χ1) is 8.77. The van der Waals surface area contributed by atoms with Crippen molar-refractivity contribution in [1.29, 1.82) is 0 Å². The highest BCUT2D eigenvalue weighted by atomic mass is 19.4. The van der Waals surface area contributed by atoms with Crippen LogP contribution in [-0.4, -0.2) is 45.6 Å². The summed E-state index contributed by atoms with van der Waals surface area (Å²) >= 11 is 0. The van der Waals surface area contributed by atoms with Gasteiger partial charge in [0.25, 0.3) is 0 Å². The van der Waals surface area contributed by atoms with E-state index in [1.54, 1.807) is 0 Å². The van der Waals surface area contributed by atoms with Gasteiger partial charge < -0.3 is 20.7 Å². The number of alkyl halides is 3. The van der Waals surface area contributed by atoms with Crippen molar-refractivity contribution in [3.8, 4) is 5.75 Å². The van der Waals surface area contributed by atoms with Gasteiger partial charge in [-0.05, 0) is 6.07 Å². The van der Waals surface area contributed by atoms with Gasteiger partial charge in [-0.25, -0.2) is 0 Å². The maximum absolute atomic E-state index is 12.4. The second-order valence-corrected chi connectivity index (χ2v) is 4.07. The third-order valence-electron chi connectivity index (χ3n) is 2.84. The van der Waals surface area contributed by atoms with Gasteiger partial charge >= 0.3 is 12.1 Å². The summed E-state index contributed by atoms with van der Waals surface area (Å²) in [4.78, 5) is 11.2. The predicted molar refractivity (Wildman–Crippen MR) is 55.6 cm³/mol. The lowest BCUT2D eigenvalue weighted by Crippen LogP contribution is -2.46. The van der Waals surface area contributed by atoms with E-state index in [9.17, 15) is 28.2 Å². The number of aliphatic hydroxyl groups excluding tert-OH is 2. The number of nitrogens with zero attached hydrogens (tertiary/aromatic N) is 1. The van der Waals surface area contributed by atoms with Gasteiger partial charge in [0.1, 0.15) is 24.1 Å². The molecule has 0 saturated carbocycles. The zero-order chi connectivity index (χ0) is 14.4. The first kappa shape index (κ1) is 13.8. The third kappa shape index (κ3) is 2.20. The number of rotatable bonds is 1. The Hall–Kier alpha value is -1.58. The molecule has 0 aromatic carbocycles. The molecule has 1 aliphatic heterocycles. The minimum atomic E-state index is -5.10. The molecule has 0 bridgehead atoms. The van der Waals surface area contributed by atoms with Crippen molar-refractivity contribution in [2.24, 2.45) is 5.73 Å². The van der Waals surface area contributed by atoms with E-state index in [1.807, 2.05) is 0 Å². The Balaban J connectivity index is 2.44. The Morgan fingerprint density at radius 3 is 2.63 bits per heavy atom. The van der Waals surface area contributed by atoms with Crippen molar-refractivity contribution >= 4 is 5.91 Å². The van der Waals surface area contributed by atoms with Crippen LogP contribution in [0.25, 0.3) is 0 Å². The molecule has 106 valence electrons. The molecule has 4 N–H and O–H groups in total. The number of carbonyl (C=O) groups is 1. The van der Waals surface area contributed by atoms with Crippen LogP contribution in [0.3, 0.4) is 0 Å². The third-order valence-corrected chi connectivity index (χ3v) is 2.84. The van der Waals surface area contributed by atoms with Crippen molar-refractivity contribution in [1.82, 2.24) is 4.57 Å². The molecular formula is C10H11F3N2O4. The van der Waals surface area contributed by atoms with E-state index in [2.05, 4.69) is 0 Å². The number of hydrogen-bond donors (Lipinski definition) is 3. The lowest BCUT2D eigenvalue weighted by molar-refractivity contribution is -0.0973. The molecule has 0 radical (unpaired) electrons. The summed E-state index contributed by atoms with van der Waals surface area (Å²) in [6.45, 7) is -0.129. The number of hydrogen-bond acceptors (Lipinski definition) is 5. The number of aliphatic hydroxyl groups is 2. The van der Waals surface area contributed by atoms with Crippen LogP contribution in [0.1, 0.15) is 16.6 Å². The molecule has 0 amide bonds. The molecule has 1 aliphatic rings. The Morgan fingerprint density at radius 2 is 2.11 bits per heavy atom. The normalized spacial score (nSPS) is 26.7. The van der Waals surface area contributed by atoms with Gasteiger partial charge in [-0.1, -0.05) is 0 Å². The van der Waals surface area contributed by atoms with Crippen molar-refractivity contribution in [3.63, 3.8) is 0 Å². The van der Waals surface area contributed by atoms with Crippen molar-refractivity contribution in [3.05, 3.63) is 18.0 Å². The summed E-state index contributed by atoms with van der Waals surface area (Å²) in [6.07, 6.45) is -8.40. The fraction of sp³-hybridized carbons (Fsp3) is 0.500. The fourth-order valence-electron chi connectivity index (χ4n) is 1.91. The summed E-state index contributed by atoms with van der Waals surface area (Å²) in [7, 11) is 0. The summed E-state index contributed by atoms with van der Waals surface area (Å²) in [5, 5.41) is 19.4. The van der Waals surface area contributed by atoms with Crippen LogP contribution in [0.4, 0.5) is 13.2 Å². The highest BCUT2D eigenvalue weighted by molar-refractivity contribution is 5.85. The minimum absolute atomic E-state index is 0.106. The number of ether oxygens (including phenoxy) is 1. The van der Waals surface area contributed by atoms with Gasteiger partial charge in [0.05, 0.1) is 5.69 Å². The molecule has 0 saturated heterocycles. The lowest BCUT2D eigenvalue weighted by atomic mass is 10.0. The molecule has 0 fully saturated rings. The van der Waals surface area contributed by atoms with E-state index in [4.69, 9.17) is 10.5 Å². The van der Waals surface area contributed by atoms with Crippen LogP contribution >= 0.6 is 0 Å². The van der Waals surface area contributed by atoms with E-state index < -0.39 is 36.1 Å². The lowest BCUT2D eigenvalue weighted by Gasteiger charge is -2.32. The van der Waals surface area contributed by atoms with E-state index in [1.165, 1.54) is 0 Å². The zero-order valence-electron chi connectivity index (χ0n) is 9.46. The minimum Gasteiger partial charge on any atom is -0.484 e. The summed E-state index contributed by atoms with van der Waals surface area (Å²) in [6, 6.07) is 1.11. The SMILES string of the molecule is NC[C@H]1Oc2ccn(C(=O)C(F)(F)F)c2C(O)[C@H]1O. The largest absolute Gasteiger partial charge is 0.484 e. The van der Waals surface area contributed by atoms with Gasteiger partial charge in [-0.3, -0.25) is 9.36 Å². The molecular weight excluding hydrogens is 269 g/mol. The molecule has 3 atom stereocenters. The Kier molecular flexibility index (Phi) is 3.29. The van der Waals surface area contributed by atoms with Gasteiger partial charge in [0.2, 0.25) is 0 Å². The summed E-state index contributed by atoms with van der Waals surface area (Å²) in [5.74, 6) is -2.28. The van der Waals surface area contributed by atoms with Crippen molar-refractivity contribution < 1.29 is 32.9 Å². The van der Waals surface area contributed by atoms with Gasteiger partial charge in [-0.15, -0.1) is 0 Å². The van der Waals surface area contributed by atoms with Crippen LogP contribution in [0, 0.1) is 0 Å².